The molecule has 0 bridgehead atoms. The minimum atomic E-state index is -0.00420. The Labute approximate surface area is 146 Å². The topological polar surface area (TPSA) is 61.8 Å². The molecule has 0 unspecified atom stereocenters. The lowest BCUT2D eigenvalue weighted by Crippen LogP contribution is -3.28. The molecule has 2 aromatic rings. The SMILES string of the molecule is N#Cc1ccsc1NC(=O)C[NH+]1CC[NH+](Cc2ccccc2)CC1. The number of amides is 1. The second-order valence-electron chi connectivity index (χ2n) is 6.16. The molecule has 5 nitrogen and oxygen atoms in total. The Hall–Kier alpha value is -2.20. The molecule has 24 heavy (non-hydrogen) atoms. The van der Waals surface area contributed by atoms with Gasteiger partial charge in [0.15, 0.2) is 6.54 Å². The Balaban J connectivity index is 1.44. The molecular formula is C18H22N4OS+2. The van der Waals surface area contributed by atoms with Gasteiger partial charge in [-0.1, -0.05) is 30.3 Å². The van der Waals surface area contributed by atoms with Crippen LogP contribution in [-0.4, -0.2) is 38.6 Å². The summed E-state index contributed by atoms with van der Waals surface area (Å²) in [5.41, 5.74) is 1.91. The van der Waals surface area contributed by atoms with Crippen molar-refractivity contribution in [2.24, 2.45) is 0 Å². The van der Waals surface area contributed by atoms with Crippen LogP contribution in [0.2, 0.25) is 0 Å². The number of hydrogen-bond donors (Lipinski definition) is 3. The number of quaternary nitrogens is 2. The molecule has 0 saturated carbocycles. The summed E-state index contributed by atoms with van der Waals surface area (Å²) in [6.07, 6.45) is 0. The van der Waals surface area contributed by atoms with E-state index in [0.29, 0.717) is 17.1 Å². The zero-order valence-electron chi connectivity index (χ0n) is 13.5. The van der Waals surface area contributed by atoms with E-state index in [4.69, 9.17) is 5.26 Å². The minimum Gasteiger partial charge on any atom is -0.322 e. The largest absolute Gasteiger partial charge is 0.322 e. The maximum absolute atomic E-state index is 12.2. The monoisotopic (exact) mass is 342 g/mol. The van der Waals surface area contributed by atoms with Gasteiger partial charge in [-0.2, -0.15) is 5.26 Å². The molecular weight excluding hydrogens is 320 g/mol. The minimum absolute atomic E-state index is 0.00420. The summed E-state index contributed by atoms with van der Waals surface area (Å²) in [6, 6.07) is 14.4. The summed E-state index contributed by atoms with van der Waals surface area (Å²) in [5.74, 6) is -0.00420. The lowest BCUT2D eigenvalue weighted by Gasteiger charge is -2.29. The van der Waals surface area contributed by atoms with Crippen LogP contribution in [0.1, 0.15) is 11.1 Å². The van der Waals surface area contributed by atoms with Crippen molar-refractivity contribution in [3.05, 3.63) is 52.9 Å². The highest BCUT2D eigenvalue weighted by atomic mass is 32.1. The van der Waals surface area contributed by atoms with Gasteiger partial charge >= 0.3 is 0 Å². The van der Waals surface area contributed by atoms with Crippen LogP contribution in [0.15, 0.2) is 41.8 Å². The Bertz CT molecular complexity index is 714. The van der Waals surface area contributed by atoms with E-state index in [1.807, 2.05) is 11.4 Å². The van der Waals surface area contributed by atoms with Gasteiger partial charge in [-0.25, -0.2) is 0 Å². The van der Waals surface area contributed by atoms with Crippen molar-refractivity contribution in [1.29, 1.82) is 5.26 Å². The van der Waals surface area contributed by atoms with Crippen molar-refractivity contribution < 1.29 is 14.6 Å². The Morgan fingerprint density at radius 3 is 2.54 bits per heavy atom. The molecule has 1 fully saturated rings. The first-order valence-electron chi connectivity index (χ1n) is 8.23. The second kappa shape index (κ2) is 8.06. The number of piperazine rings is 1. The molecule has 1 aromatic carbocycles. The number of carbonyl (C=O) groups excluding carboxylic acids is 1. The fraction of sp³-hybridized carbons (Fsp3) is 0.333. The van der Waals surface area contributed by atoms with Crippen molar-refractivity contribution in [1.82, 2.24) is 0 Å². The molecule has 124 valence electrons. The summed E-state index contributed by atoms with van der Waals surface area (Å²) in [7, 11) is 0. The first-order valence-corrected chi connectivity index (χ1v) is 9.11. The third-order valence-corrected chi connectivity index (χ3v) is 5.24. The summed E-state index contributed by atoms with van der Waals surface area (Å²) in [5, 5.41) is 14.3. The highest BCUT2D eigenvalue weighted by Crippen LogP contribution is 2.21. The van der Waals surface area contributed by atoms with Crippen molar-refractivity contribution >= 4 is 22.2 Å². The van der Waals surface area contributed by atoms with E-state index in [-0.39, 0.29) is 5.91 Å². The Morgan fingerprint density at radius 1 is 1.12 bits per heavy atom. The molecule has 3 N–H and O–H groups in total. The molecule has 1 amide bonds. The number of rotatable bonds is 5. The number of anilines is 1. The van der Waals surface area contributed by atoms with Crippen LogP contribution in [0.25, 0.3) is 0 Å². The maximum Gasteiger partial charge on any atom is 0.280 e. The number of thiophene rings is 1. The summed E-state index contributed by atoms with van der Waals surface area (Å²) in [6.45, 7) is 5.71. The van der Waals surface area contributed by atoms with Gasteiger partial charge in [-0.3, -0.25) is 4.79 Å². The van der Waals surface area contributed by atoms with Crippen molar-refractivity contribution in [3.63, 3.8) is 0 Å². The molecule has 1 aliphatic heterocycles. The van der Waals surface area contributed by atoms with Gasteiger partial charge in [0, 0.05) is 5.56 Å². The van der Waals surface area contributed by atoms with Crippen LogP contribution in [0.3, 0.4) is 0 Å². The summed E-state index contributed by atoms with van der Waals surface area (Å²) >= 11 is 1.40. The second-order valence-corrected chi connectivity index (χ2v) is 7.08. The number of benzene rings is 1. The van der Waals surface area contributed by atoms with Crippen LogP contribution in [0, 0.1) is 11.3 Å². The average molecular weight is 342 g/mol. The molecule has 1 saturated heterocycles. The van der Waals surface area contributed by atoms with Crippen LogP contribution >= 0.6 is 11.3 Å². The summed E-state index contributed by atoms with van der Waals surface area (Å²) in [4.78, 5) is 15.1. The molecule has 0 aliphatic carbocycles. The Kier molecular flexibility index (Phi) is 5.59. The third kappa shape index (κ3) is 4.42. The normalized spacial score (nSPS) is 20.3. The van der Waals surface area contributed by atoms with Crippen LogP contribution in [0.5, 0.6) is 0 Å². The van der Waals surface area contributed by atoms with Crippen molar-refractivity contribution in [2.45, 2.75) is 6.54 Å². The van der Waals surface area contributed by atoms with E-state index < -0.39 is 0 Å². The molecule has 0 atom stereocenters. The van der Waals surface area contributed by atoms with Gasteiger partial charge in [0.25, 0.3) is 5.91 Å². The molecule has 0 spiro atoms. The highest BCUT2D eigenvalue weighted by Gasteiger charge is 2.25. The lowest BCUT2D eigenvalue weighted by molar-refractivity contribution is -1.02. The summed E-state index contributed by atoms with van der Waals surface area (Å²) < 4.78 is 0. The predicted molar refractivity (Wildman–Crippen MR) is 94.1 cm³/mol. The van der Waals surface area contributed by atoms with Crippen LogP contribution in [0.4, 0.5) is 5.00 Å². The van der Waals surface area contributed by atoms with E-state index >= 15 is 0 Å². The smallest absolute Gasteiger partial charge is 0.280 e. The zero-order chi connectivity index (χ0) is 16.8. The van der Waals surface area contributed by atoms with Gasteiger partial charge < -0.3 is 15.1 Å². The number of carbonyl (C=O) groups is 1. The van der Waals surface area contributed by atoms with E-state index in [9.17, 15) is 4.79 Å². The van der Waals surface area contributed by atoms with E-state index in [2.05, 4.69) is 35.7 Å². The molecule has 1 aliphatic rings. The first kappa shape index (κ1) is 16.7. The van der Waals surface area contributed by atoms with Crippen molar-refractivity contribution in [2.75, 3.05) is 38.0 Å². The molecule has 6 heteroatoms. The fourth-order valence-corrected chi connectivity index (χ4v) is 3.84. The van der Waals surface area contributed by atoms with E-state index in [1.165, 1.54) is 21.8 Å². The van der Waals surface area contributed by atoms with Gasteiger partial charge in [0.05, 0.1) is 5.56 Å². The number of nitrogens with one attached hydrogen (secondary N) is 3. The quantitative estimate of drug-likeness (QED) is 0.689. The number of nitriles is 1. The van der Waals surface area contributed by atoms with Gasteiger partial charge in [-0.15, -0.1) is 11.3 Å². The average Bonchev–Trinajstić information content (AvgIpc) is 3.04. The van der Waals surface area contributed by atoms with Gasteiger partial charge in [-0.05, 0) is 11.4 Å². The first-order chi connectivity index (χ1) is 11.7. The lowest BCUT2D eigenvalue weighted by atomic mass is 10.2. The van der Waals surface area contributed by atoms with Crippen molar-refractivity contribution in [3.8, 4) is 6.07 Å². The van der Waals surface area contributed by atoms with Gasteiger partial charge in [0.2, 0.25) is 0 Å². The van der Waals surface area contributed by atoms with E-state index in [0.717, 1.165) is 32.7 Å². The third-order valence-electron chi connectivity index (χ3n) is 4.41. The molecule has 3 rings (SSSR count). The molecule has 1 aromatic heterocycles. The fourth-order valence-electron chi connectivity index (χ4n) is 3.09. The standard InChI is InChI=1S/C18H20N4OS/c19-12-16-6-11-24-18(16)20-17(23)14-22-9-7-21(8-10-22)13-15-4-2-1-3-5-15/h1-6,11H,7-10,13-14H2,(H,20,23)/p+2. The maximum atomic E-state index is 12.2. The predicted octanol–water partition coefficient (Wildman–Crippen LogP) is -0.458. The van der Waals surface area contributed by atoms with E-state index in [1.54, 1.807) is 11.0 Å². The highest BCUT2D eigenvalue weighted by molar-refractivity contribution is 7.14. The molecule has 0 radical (unpaired) electrons. The number of nitrogens with zero attached hydrogens (tertiary/aromatic N) is 1. The van der Waals surface area contributed by atoms with Crippen LogP contribution in [-0.2, 0) is 11.3 Å². The zero-order valence-corrected chi connectivity index (χ0v) is 14.4. The molecule has 2 heterocycles. The number of hydrogen-bond acceptors (Lipinski definition) is 3. The van der Waals surface area contributed by atoms with Crippen LogP contribution < -0.4 is 15.1 Å². The van der Waals surface area contributed by atoms with Gasteiger partial charge in [0.1, 0.15) is 43.8 Å². The Morgan fingerprint density at radius 2 is 1.83 bits per heavy atom.